The molecule has 2 rings (SSSR count). The molecule has 0 fully saturated rings. The summed E-state index contributed by atoms with van der Waals surface area (Å²) < 4.78 is 0. The summed E-state index contributed by atoms with van der Waals surface area (Å²) in [4.78, 5) is 12.9. The van der Waals surface area contributed by atoms with E-state index < -0.39 is 0 Å². The fraction of sp³-hybridized carbons (Fsp3) is 0.353. The lowest BCUT2D eigenvalue weighted by molar-refractivity contribution is -0.120. The van der Waals surface area contributed by atoms with Crippen LogP contribution in [0.4, 0.5) is 0 Å². The van der Waals surface area contributed by atoms with Crippen molar-refractivity contribution in [1.29, 1.82) is 0 Å². The molecule has 1 atom stereocenters. The minimum atomic E-state index is -0.168. The minimum absolute atomic E-state index is 0. The number of nitrogens with two attached hydrogens (primary N) is 1. The van der Waals surface area contributed by atoms with Crippen molar-refractivity contribution >= 4 is 29.7 Å². The molecule has 1 amide bonds. The van der Waals surface area contributed by atoms with Gasteiger partial charge in [0, 0.05) is 17.5 Å². The fourth-order valence-electron chi connectivity index (χ4n) is 2.10. The Kier molecular flexibility index (Phi) is 7.59. The molecule has 0 aliphatic carbocycles. The van der Waals surface area contributed by atoms with Crippen LogP contribution in [0.2, 0.25) is 0 Å². The lowest BCUT2D eigenvalue weighted by atomic mass is 9.99. The molecular weight excluding hydrogens is 316 g/mol. The highest BCUT2D eigenvalue weighted by Crippen LogP contribution is 2.17. The number of carbonyl (C=O) groups is 1. The van der Waals surface area contributed by atoms with Crippen molar-refractivity contribution in [2.75, 3.05) is 6.54 Å². The van der Waals surface area contributed by atoms with Gasteiger partial charge in [0.15, 0.2) is 0 Å². The summed E-state index contributed by atoms with van der Waals surface area (Å²) >= 11 is 1.59. The van der Waals surface area contributed by atoms with Crippen molar-refractivity contribution in [2.24, 2.45) is 5.73 Å². The van der Waals surface area contributed by atoms with E-state index in [1.165, 1.54) is 5.56 Å². The molecule has 1 unspecified atom stereocenters. The smallest absolute Gasteiger partial charge is 0.225 e. The molecule has 0 radical (unpaired) electrons. The molecule has 2 aromatic rings. The van der Waals surface area contributed by atoms with Gasteiger partial charge < -0.3 is 11.1 Å². The number of nitrogens with one attached hydrogen (secondary N) is 1. The molecule has 0 bridgehead atoms. The van der Waals surface area contributed by atoms with Gasteiger partial charge in [0.1, 0.15) is 0 Å². The van der Waals surface area contributed by atoms with Gasteiger partial charge in [-0.25, -0.2) is 0 Å². The molecule has 120 valence electrons. The quantitative estimate of drug-likeness (QED) is 0.844. The van der Waals surface area contributed by atoms with E-state index in [0.717, 1.165) is 10.4 Å². The lowest BCUT2D eigenvalue weighted by Crippen LogP contribution is -2.32. The SMILES string of the molecule is CC(C)c1ccc(C(N)CNC(=O)Cc2cccs2)cc1.Cl. The summed E-state index contributed by atoms with van der Waals surface area (Å²) in [7, 11) is 0. The molecule has 1 aromatic heterocycles. The molecular formula is C17H23ClN2OS. The Labute approximate surface area is 142 Å². The van der Waals surface area contributed by atoms with Gasteiger partial charge in [0.05, 0.1) is 6.42 Å². The molecule has 0 spiro atoms. The van der Waals surface area contributed by atoms with Crippen molar-refractivity contribution in [3.8, 4) is 0 Å². The van der Waals surface area contributed by atoms with E-state index in [-0.39, 0.29) is 24.4 Å². The fourth-order valence-corrected chi connectivity index (χ4v) is 2.81. The monoisotopic (exact) mass is 338 g/mol. The van der Waals surface area contributed by atoms with Crippen molar-refractivity contribution in [1.82, 2.24) is 5.32 Å². The topological polar surface area (TPSA) is 55.1 Å². The summed E-state index contributed by atoms with van der Waals surface area (Å²) in [5.74, 6) is 0.535. The molecule has 5 heteroatoms. The highest BCUT2D eigenvalue weighted by Gasteiger charge is 2.09. The number of hydrogen-bond acceptors (Lipinski definition) is 3. The summed E-state index contributed by atoms with van der Waals surface area (Å²) in [6, 6.07) is 12.1. The largest absolute Gasteiger partial charge is 0.354 e. The third kappa shape index (κ3) is 5.44. The van der Waals surface area contributed by atoms with Crippen molar-refractivity contribution in [3.63, 3.8) is 0 Å². The van der Waals surface area contributed by atoms with E-state index in [0.29, 0.717) is 18.9 Å². The first-order chi connectivity index (χ1) is 10.1. The minimum Gasteiger partial charge on any atom is -0.354 e. The Balaban J connectivity index is 0.00000242. The lowest BCUT2D eigenvalue weighted by Gasteiger charge is -2.14. The van der Waals surface area contributed by atoms with Gasteiger partial charge in [-0.05, 0) is 28.5 Å². The summed E-state index contributed by atoms with van der Waals surface area (Å²) in [5.41, 5.74) is 8.48. The molecule has 1 heterocycles. The summed E-state index contributed by atoms with van der Waals surface area (Å²) in [6.45, 7) is 4.80. The second-order valence-electron chi connectivity index (χ2n) is 5.49. The van der Waals surface area contributed by atoms with E-state index >= 15 is 0 Å². The van der Waals surface area contributed by atoms with Crippen LogP contribution < -0.4 is 11.1 Å². The van der Waals surface area contributed by atoms with E-state index in [1.54, 1.807) is 11.3 Å². The predicted molar refractivity (Wildman–Crippen MR) is 95.7 cm³/mol. The van der Waals surface area contributed by atoms with Crippen molar-refractivity contribution in [2.45, 2.75) is 32.2 Å². The zero-order valence-electron chi connectivity index (χ0n) is 12.9. The maximum absolute atomic E-state index is 11.8. The number of amides is 1. The van der Waals surface area contributed by atoms with Crippen LogP contribution in [0.25, 0.3) is 0 Å². The number of hydrogen-bond donors (Lipinski definition) is 2. The number of carbonyl (C=O) groups excluding carboxylic acids is 1. The van der Waals surface area contributed by atoms with E-state index in [4.69, 9.17) is 5.73 Å². The van der Waals surface area contributed by atoms with E-state index in [9.17, 15) is 4.79 Å². The normalized spacial score (nSPS) is 11.8. The van der Waals surface area contributed by atoms with Gasteiger partial charge in [-0.15, -0.1) is 23.7 Å². The van der Waals surface area contributed by atoms with Crippen LogP contribution in [0.5, 0.6) is 0 Å². The number of halogens is 1. The molecule has 0 aliphatic heterocycles. The van der Waals surface area contributed by atoms with Gasteiger partial charge in [-0.1, -0.05) is 44.2 Å². The Morgan fingerprint density at radius 2 is 1.82 bits per heavy atom. The molecule has 3 N–H and O–H groups in total. The second kappa shape index (κ2) is 8.93. The van der Waals surface area contributed by atoms with Crippen LogP contribution in [0.3, 0.4) is 0 Å². The van der Waals surface area contributed by atoms with Gasteiger partial charge in [0.2, 0.25) is 5.91 Å². The first kappa shape index (κ1) is 18.7. The third-order valence-corrected chi connectivity index (χ3v) is 4.34. The zero-order valence-corrected chi connectivity index (χ0v) is 14.5. The molecule has 0 saturated heterocycles. The van der Waals surface area contributed by atoms with Crippen molar-refractivity contribution < 1.29 is 4.79 Å². The number of thiophene rings is 1. The van der Waals surface area contributed by atoms with E-state index in [2.05, 4.69) is 31.3 Å². The Hall–Kier alpha value is -1.36. The molecule has 1 aromatic carbocycles. The maximum atomic E-state index is 11.8. The number of benzene rings is 1. The Morgan fingerprint density at radius 3 is 2.36 bits per heavy atom. The summed E-state index contributed by atoms with van der Waals surface area (Å²) in [5, 5.41) is 4.88. The van der Waals surface area contributed by atoms with E-state index in [1.807, 2.05) is 29.6 Å². The van der Waals surface area contributed by atoms with Crippen LogP contribution in [0.15, 0.2) is 41.8 Å². The first-order valence-corrected chi connectivity index (χ1v) is 8.08. The summed E-state index contributed by atoms with van der Waals surface area (Å²) in [6.07, 6.45) is 0.427. The standard InChI is InChI=1S/C17H22N2OS.ClH/c1-12(2)13-5-7-14(8-6-13)16(18)11-19-17(20)10-15-4-3-9-21-15;/h3-9,12,16H,10-11,18H2,1-2H3,(H,19,20);1H. The Morgan fingerprint density at radius 1 is 1.18 bits per heavy atom. The maximum Gasteiger partial charge on any atom is 0.225 e. The first-order valence-electron chi connectivity index (χ1n) is 7.20. The van der Waals surface area contributed by atoms with Gasteiger partial charge in [-0.2, -0.15) is 0 Å². The van der Waals surface area contributed by atoms with Gasteiger partial charge >= 0.3 is 0 Å². The zero-order chi connectivity index (χ0) is 15.2. The average molecular weight is 339 g/mol. The van der Waals surface area contributed by atoms with Gasteiger partial charge in [0.25, 0.3) is 0 Å². The van der Waals surface area contributed by atoms with Crippen LogP contribution in [-0.2, 0) is 11.2 Å². The van der Waals surface area contributed by atoms with Crippen LogP contribution in [0.1, 0.15) is 41.8 Å². The second-order valence-corrected chi connectivity index (χ2v) is 6.52. The molecule has 0 saturated carbocycles. The predicted octanol–water partition coefficient (Wildman–Crippen LogP) is 3.65. The molecule has 0 aliphatic rings. The van der Waals surface area contributed by atoms with Crippen LogP contribution >= 0.6 is 23.7 Å². The van der Waals surface area contributed by atoms with Crippen molar-refractivity contribution in [3.05, 3.63) is 57.8 Å². The van der Waals surface area contributed by atoms with Crippen LogP contribution in [0, 0.1) is 0 Å². The third-order valence-electron chi connectivity index (χ3n) is 3.47. The Bertz CT molecular complexity index is 567. The average Bonchev–Trinajstić information content (AvgIpc) is 2.97. The highest BCUT2D eigenvalue weighted by molar-refractivity contribution is 7.10. The van der Waals surface area contributed by atoms with Crippen LogP contribution in [-0.4, -0.2) is 12.5 Å². The molecule has 22 heavy (non-hydrogen) atoms. The molecule has 3 nitrogen and oxygen atoms in total. The van der Waals surface area contributed by atoms with Gasteiger partial charge in [-0.3, -0.25) is 4.79 Å². The number of rotatable bonds is 6. The highest BCUT2D eigenvalue weighted by atomic mass is 35.5.